The van der Waals surface area contributed by atoms with Crippen LogP contribution in [-0.4, -0.2) is 45.7 Å². The Balaban J connectivity index is 1.70. The van der Waals surface area contributed by atoms with Crippen LogP contribution < -0.4 is 0 Å². The van der Waals surface area contributed by atoms with Crippen molar-refractivity contribution >= 4 is 5.97 Å². The number of hydrogen-bond acceptors (Lipinski definition) is 5. The Hall–Kier alpha value is -1.69. The van der Waals surface area contributed by atoms with E-state index in [1.165, 1.54) is 5.56 Å². The smallest absolute Gasteiger partial charge is 0.306 e. The summed E-state index contributed by atoms with van der Waals surface area (Å²) in [4.78, 5) is 11.5. The predicted octanol–water partition coefficient (Wildman–Crippen LogP) is 4.19. The number of unbranched alkanes of at least 4 members (excludes halogenated alkanes) is 1. The summed E-state index contributed by atoms with van der Waals surface area (Å²) in [5.41, 5.74) is 1.22. The number of carbonyl (C=O) groups excluding carboxylic acids is 1. The SMILES string of the molecule is CC(C)OC(=O)CCC/C=C\C[C@H]1[C@@H](CC[C@H](O)CCc2ccccc2)[C@H](O)C[C@@H]1O. The Labute approximate surface area is 187 Å². The molecule has 1 aliphatic carbocycles. The number of rotatable bonds is 13. The van der Waals surface area contributed by atoms with Gasteiger partial charge >= 0.3 is 5.97 Å². The van der Waals surface area contributed by atoms with Crippen molar-refractivity contribution in [1.82, 2.24) is 0 Å². The van der Waals surface area contributed by atoms with Gasteiger partial charge in [0.2, 0.25) is 0 Å². The first-order chi connectivity index (χ1) is 14.9. The fourth-order valence-corrected chi connectivity index (χ4v) is 4.47. The maximum atomic E-state index is 11.5. The lowest BCUT2D eigenvalue weighted by atomic mass is 9.85. The Morgan fingerprint density at radius 1 is 1.10 bits per heavy atom. The first-order valence-electron chi connectivity index (χ1n) is 11.8. The van der Waals surface area contributed by atoms with Crippen molar-refractivity contribution in [2.24, 2.45) is 11.8 Å². The van der Waals surface area contributed by atoms with Crippen LogP contribution in [0.15, 0.2) is 42.5 Å². The van der Waals surface area contributed by atoms with Crippen molar-refractivity contribution in [3.05, 3.63) is 48.0 Å². The molecule has 0 amide bonds. The van der Waals surface area contributed by atoms with Gasteiger partial charge in [0.1, 0.15) is 0 Å². The zero-order chi connectivity index (χ0) is 22.6. The topological polar surface area (TPSA) is 87.0 Å². The van der Waals surface area contributed by atoms with Gasteiger partial charge in [-0.2, -0.15) is 0 Å². The molecule has 5 nitrogen and oxygen atoms in total. The number of aliphatic hydroxyl groups is 3. The second kappa shape index (κ2) is 13.7. The summed E-state index contributed by atoms with van der Waals surface area (Å²) in [5, 5.41) is 31.2. The van der Waals surface area contributed by atoms with Gasteiger partial charge in [-0.15, -0.1) is 0 Å². The Kier molecular flexibility index (Phi) is 11.3. The summed E-state index contributed by atoms with van der Waals surface area (Å²) in [6.07, 6.45) is 8.58. The standard InChI is InChI=1S/C26H40O5/c1-19(2)31-26(30)13-9-4-3-8-12-22-23(25(29)18-24(22)28)17-16-21(27)15-14-20-10-6-5-7-11-20/h3,5-8,10-11,19,21-25,27-29H,4,9,12-18H2,1-2H3/b8-3-/t21-,22+,23-,24+,25-/m1/s1. The van der Waals surface area contributed by atoms with E-state index >= 15 is 0 Å². The normalized spacial score (nSPS) is 24.7. The number of allylic oxidation sites excluding steroid dienone is 2. The van der Waals surface area contributed by atoms with Gasteiger partial charge in [-0.1, -0.05) is 42.5 Å². The van der Waals surface area contributed by atoms with E-state index in [4.69, 9.17) is 4.74 Å². The van der Waals surface area contributed by atoms with Crippen LogP contribution >= 0.6 is 0 Å². The fraction of sp³-hybridized carbons (Fsp3) is 0.654. The number of ether oxygens (including phenoxy) is 1. The van der Waals surface area contributed by atoms with Gasteiger partial charge in [-0.05, 0) is 82.6 Å². The summed E-state index contributed by atoms with van der Waals surface area (Å²) < 4.78 is 5.12. The molecule has 1 aliphatic rings. The molecule has 1 aromatic rings. The number of carbonyl (C=O) groups is 1. The second-order valence-electron chi connectivity index (χ2n) is 9.09. The summed E-state index contributed by atoms with van der Waals surface area (Å²) in [5.74, 6) is -0.144. The van der Waals surface area contributed by atoms with Crippen LogP contribution in [0.25, 0.3) is 0 Å². The lowest BCUT2D eigenvalue weighted by Gasteiger charge is -2.23. The summed E-state index contributed by atoms with van der Waals surface area (Å²) in [6.45, 7) is 3.69. The molecule has 0 spiro atoms. The number of esters is 1. The van der Waals surface area contributed by atoms with E-state index < -0.39 is 18.3 Å². The van der Waals surface area contributed by atoms with E-state index in [1.54, 1.807) is 0 Å². The van der Waals surface area contributed by atoms with E-state index in [-0.39, 0.29) is 23.9 Å². The zero-order valence-electron chi connectivity index (χ0n) is 19.0. The molecule has 174 valence electrons. The first kappa shape index (κ1) is 25.6. The van der Waals surface area contributed by atoms with Crippen molar-refractivity contribution in [2.75, 3.05) is 0 Å². The van der Waals surface area contributed by atoms with Gasteiger partial charge in [0.25, 0.3) is 0 Å². The predicted molar refractivity (Wildman–Crippen MR) is 122 cm³/mol. The molecule has 1 fully saturated rings. The molecule has 0 bridgehead atoms. The highest BCUT2D eigenvalue weighted by molar-refractivity contribution is 5.69. The number of aliphatic hydroxyl groups excluding tert-OH is 3. The van der Waals surface area contributed by atoms with Gasteiger partial charge in [0, 0.05) is 6.42 Å². The molecule has 5 heteroatoms. The molecule has 0 aliphatic heterocycles. The number of benzene rings is 1. The highest BCUT2D eigenvalue weighted by Gasteiger charge is 2.40. The van der Waals surface area contributed by atoms with Crippen LogP contribution in [0.3, 0.4) is 0 Å². The van der Waals surface area contributed by atoms with Crippen LogP contribution in [0.5, 0.6) is 0 Å². The molecule has 1 aromatic carbocycles. The highest BCUT2D eigenvalue weighted by Crippen LogP contribution is 2.38. The maximum Gasteiger partial charge on any atom is 0.306 e. The Bertz CT molecular complexity index is 657. The van der Waals surface area contributed by atoms with Gasteiger partial charge in [-0.3, -0.25) is 4.79 Å². The van der Waals surface area contributed by atoms with Crippen molar-refractivity contribution in [3.8, 4) is 0 Å². The second-order valence-corrected chi connectivity index (χ2v) is 9.09. The average molecular weight is 433 g/mol. The summed E-state index contributed by atoms with van der Waals surface area (Å²) >= 11 is 0. The molecule has 31 heavy (non-hydrogen) atoms. The van der Waals surface area contributed by atoms with Gasteiger partial charge in [0.05, 0.1) is 24.4 Å². The van der Waals surface area contributed by atoms with Gasteiger partial charge < -0.3 is 20.1 Å². The molecule has 0 heterocycles. The van der Waals surface area contributed by atoms with Crippen LogP contribution in [-0.2, 0) is 16.0 Å². The molecule has 2 rings (SSSR count). The lowest BCUT2D eigenvalue weighted by Crippen LogP contribution is -2.23. The minimum Gasteiger partial charge on any atom is -0.463 e. The maximum absolute atomic E-state index is 11.5. The Morgan fingerprint density at radius 3 is 2.52 bits per heavy atom. The van der Waals surface area contributed by atoms with Crippen LogP contribution in [0.1, 0.15) is 70.8 Å². The molecule has 0 radical (unpaired) electrons. The highest BCUT2D eigenvalue weighted by atomic mass is 16.5. The molecule has 0 saturated heterocycles. The van der Waals surface area contributed by atoms with E-state index in [2.05, 4.69) is 18.2 Å². The lowest BCUT2D eigenvalue weighted by molar-refractivity contribution is -0.147. The molecule has 5 atom stereocenters. The summed E-state index contributed by atoms with van der Waals surface area (Å²) in [6, 6.07) is 10.1. The van der Waals surface area contributed by atoms with Gasteiger partial charge in [-0.25, -0.2) is 0 Å². The third-order valence-electron chi connectivity index (χ3n) is 6.16. The quantitative estimate of drug-likeness (QED) is 0.247. The van der Waals surface area contributed by atoms with Gasteiger partial charge in [0.15, 0.2) is 0 Å². The van der Waals surface area contributed by atoms with E-state index in [9.17, 15) is 20.1 Å². The third kappa shape index (κ3) is 9.55. The van der Waals surface area contributed by atoms with Crippen LogP contribution in [0, 0.1) is 11.8 Å². The molecule has 3 N–H and O–H groups in total. The zero-order valence-corrected chi connectivity index (χ0v) is 19.0. The van der Waals surface area contributed by atoms with Crippen molar-refractivity contribution in [2.45, 2.75) is 96.1 Å². The largest absolute Gasteiger partial charge is 0.463 e. The van der Waals surface area contributed by atoms with E-state index in [1.807, 2.05) is 38.1 Å². The summed E-state index contributed by atoms with van der Waals surface area (Å²) in [7, 11) is 0. The Morgan fingerprint density at radius 2 is 1.81 bits per heavy atom. The van der Waals surface area contributed by atoms with Crippen molar-refractivity contribution in [3.63, 3.8) is 0 Å². The van der Waals surface area contributed by atoms with Crippen molar-refractivity contribution < 1.29 is 24.9 Å². The fourth-order valence-electron chi connectivity index (χ4n) is 4.47. The molecular weight excluding hydrogens is 392 g/mol. The average Bonchev–Trinajstić information content (AvgIpc) is 3.00. The number of hydrogen-bond donors (Lipinski definition) is 3. The molecule has 0 unspecified atom stereocenters. The minimum absolute atomic E-state index is 0.00652. The van der Waals surface area contributed by atoms with Crippen LogP contribution in [0.2, 0.25) is 0 Å². The van der Waals surface area contributed by atoms with Crippen molar-refractivity contribution in [1.29, 1.82) is 0 Å². The molecule has 0 aromatic heterocycles. The minimum atomic E-state index is -0.513. The molecular formula is C26H40O5. The first-order valence-corrected chi connectivity index (χ1v) is 11.8. The number of aryl methyl sites for hydroxylation is 1. The van der Waals surface area contributed by atoms with E-state index in [0.29, 0.717) is 38.5 Å². The van der Waals surface area contributed by atoms with E-state index in [0.717, 1.165) is 19.3 Å². The third-order valence-corrected chi connectivity index (χ3v) is 6.16. The monoisotopic (exact) mass is 432 g/mol. The van der Waals surface area contributed by atoms with Crippen LogP contribution in [0.4, 0.5) is 0 Å². The molecule has 1 saturated carbocycles.